The molecular formula is C26H26FNO5S. The largest absolute Gasteiger partial charge is 0.464 e. The van der Waals surface area contributed by atoms with E-state index >= 15 is 0 Å². The number of carbonyl (C=O) groups excluding carboxylic acids is 1. The summed E-state index contributed by atoms with van der Waals surface area (Å²) in [5.41, 5.74) is 3.29. The smallest absolute Gasteiger partial charge is 0.339 e. The predicted molar refractivity (Wildman–Crippen MR) is 133 cm³/mol. The lowest BCUT2D eigenvalue weighted by Gasteiger charge is -2.16. The van der Waals surface area contributed by atoms with Crippen LogP contribution in [-0.2, 0) is 11.2 Å². The number of hydrogen-bond acceptors (Lipinski definition) is 6. The van der Waals surface area contributed by atoms with E-state index in [4.69, 9.17) is 8.83 Å². The number of aryl methyl sites for hydroxylation is 1. The van der Waals surface area contributed by atoms with Crippen LogP contribution in [0.3, 0.4) is 0 Å². The van der Waals surface area contributed by atoms with Gasteiger partial charge in [0.1, 0.15) is 17.0 Å². The highest BCUT2D eigenvalue weighted by Gasteiger charge is 2.18. The maximum Gasteiger partial charge on any atom is 0.339 e. The number of fused-ring (bicyclic) bond motifs is 2. The Bertz CT molecular complexity index is 1380. The van der Waals surface area contributed by atoms with E-state index in [9.17, 15) is 19.1 Å². The van der Waals surface area contributed by atoms with Crippen molar-refractivity contribution in [2.24, 2.45) is 0 Å². The van der Waals surface area contributed by atoms with Crippen LogP contribution in [0.2, 0.25) is 0 Å². The summed E-state index contributed by atoms with van der Waals surface area (Å²) in [7, 11) is 0. The van der Waals surface area contributed by atoms with Crippen LogP contribution in [0, 0.1) is 12.7 Å². The quantitative estimate of drug-likeness (QED) is 0.332. The van der Waals surface area contributed by atoms with Crippen molar-refractivity contribution in [3.05, 3.63) is 70.0 Å². The molecule has 34 heavy (non-hydrogen) atoms. The first-order chi connectivity index (χ1) is 16.4. The molecule has 0 unspecified atom stereocenters. The molecule has 4 rings (SSSR count). The number of amides is 1. The number of aliphatic hydroxyl groups is 1. The van der Waals surface area contributed by atoms with Gasteiger partial charge < -0.3 is 19.3 Å². The van der Waals surface area contributed by atoms with E-state index in [1.807, 2.05) is 19.2 Å². The zero-order chi connectivity index (χ0) is 24.2. The topological polar surface area (TPSA) is 92.7 Å². The molecule has 0 fully saturated rings. The van der Waals surface area contributed by atoms with Gasteiger partial charge in [0.25, 0.3) is 0 Å². The Hall–Kier alpha value is -3.10. The van der Waals surface area contributed by atoms with Crippen molar-refractivity contribution in [3.8, 4) is 11.1 Å². The molecule has 0 aliphatic heterocycles. The van der Waals surface area contributed by atoms with Crippen molar-refractivity contribution < 1.29 is 23.1 Å². The van der Waals surface area contributed by atoms with Gasteiger partial charge in [0.2, 0.25) is 5.91 Å². The minimum absolute atomic E-state index is 0.113. The van der Waals surface area contributed by atoms with E-state index in [-0.39, 0.29) is 37.2 Å². The Balaban J connectivity index is 1.62. The molecule has 4 aromatic rings. The molecule has 2 heterocycles. The van der Waals surface area contributed by atoms with Crippen LogP contribution in [0.5, 0.6) is 0 Å². The number of benzene rings is 2. The standard InChI is InChI=1S/C26H26FNO5S/c1-15-19(7-8-25(30)28-18(13-29)9-10-34-2)26(31)33-24-12-23-21(11-20(15)24)22(14-32-23)16-3-5-17(27)6-4-16/h3-6,11-12,14,18,29H,7-10,13H2,1-2H3,(H,28,30)/t18-/m1/s1. The first kappa shape index (κ1) is 24.0. The van der Waals surface area contributed by atoms with Gasteiger partial charge in [0.05, 0.1) is 18.9 Å². The fraction of sp³-hybridized carbons (Fsp3) is 0.308. The van der Waals surface area contributed by atoms with Gasteiger partial charge in [0.15, 0.2) is 0 Å². The van der Waals surface area contributed by atoms with E-state index < -0.39 is 5.63 Å². The number of thioether (sulfide) groups is 1. The molecule has 178 valence electrons. The lowest BCUT2D eigenvalue weighted by molar-refractivity contribution is -0.122. The Morgan fingerprint density at radius 1 is 1.18 bits per heavy atom. The summed E-state index contributed by atoms with van der Waals surface area (Å²) in [6.45, 7) is 1.71. The highest BCUT2D eigenvalue weighted by molar-refractivity contribution is 7.98. The summed E-state index contributed by atoms with van der Waals surface area (Å²) in [5.74, 6) is 0.298. The molecular weight excluding hydrogens is 457 g/mol. The SMILES string of the molecule is CSCC[C@H](CO)NC(=O)CCc1c(C)c2cc3c(-c4ccc(F)cc4)coc3cc2oc1=O. The van der Waals surface area contributed by atoms with E-state index in [2.05, 4.69) is 5.32 Å². The first-order valence-electron chi connectivity index (χ1n) is 11.0. The highest BCUT2D eigenvalue weighted by Crippen LogP contribution is 2.34. The zero-order valence-corrected chi connectivity index (χ0v) is 19.8. The molecule has 2 N–H and O–H groups in total. The fourth-order valence-electron chi connectivity index (χ4n) is 4.06. The maximum absolute atomic E-state index is 13.4. The van der Waals surface area contributed by atoms with Crippen LogP contribution in [0.1, 0.15) is 24.0 Å². The Labute approximate surface area is 200 Å². The van der Waals surface area contributed by atoms with Crippen LogP contribution in [-0.4, -0.2) is 35.7 Å². The lowest BCUT2D eigenvalue weighted by atomic mass is 9.99. The third kappa shape index (κ3) is 5.03. The van der Waals surface area contributed by atoms with Crippen LogP contribution in [0.15, 0.2) is 56.3 Å². The van der Waals surface area contributed by atoms with E-state index in [0.717, 1.165) is 33.2 Å². The molecule has 1 amide bonds. The molecule has 8 heteroatoms. The molecule has 0 radical (unpaired) electrons. The van der Waals surface area contributed by atoms with Gasteiger partial charge in [0, 0.05) is 34.4 Å². The Morgan fingerprint density at radius 3 is 2.65 bits per heavy atom. The summed E-state index contributed by atoms with van der Waals surface area (Å²) < 4.78 is 24.6. The van der Waals surface area contributed by atoms with Gasteiger partial charge in [-0.2, -0.15) is 11.8 Å². The van der Waals surface area contributed by atoms with Gasteiger partial charge >= 0.3 is 5.63 Å². The number of furan rings is 1. The molecule has 0 saturated carbocycles. The van der Waals surface area contributed by atoms with Crippen LogP contribution in [0.4, 0.5) is 4.39 Å². The van der Waals surface area contributed by atoms with Crippen molar-refractivity contribution in [3.63, 3.8) is 0 Å². The second-order valence-corrected chi connectivity index (χ2v) is 9.21. The molecule has 0 aliphatic carbocycles. The number of halogens is 1. The van der Waals surface area contributed by atoms with Crippen LogP contribution < -0.4 is 10.9 Å². The molecule has 0 aliphatic rings. The zero-order valence-electron chi connectivity index (χ0n) is 19.0. The molecule has 0 bridgehead atoms. The Morgan fingerprint density at radius 2 is 1.94 bits per heavy atom. The molecule has 0 saturated heterocycles. The number of rotatable bonds is 9. The third-order valence-electron chi connectivity index (χ3n) is 5.99. The molecule has 2 aromatic carbocycles. The normalized spacial score (nSPS) is 12.4. The van der Waals surface area contributed by atoms with Gasteiger partial charge in [-0.15, -0.1) is 0 Å². The van der Waals surface area contributed by atoms with E-state index in [0.29, 0.717) is 23.2 Å². The average molecular weight is 484 g/mol. The summed E-state index contributed by atoms with van der Waals surface area (Å²) in [4.78, 5) is 25.1. The summed E-state index contributed by atoms with van der Waals surface area (Å²) >= 11 is 1.65. The fourth-order valence-corrected chi connectivity index (χ4v) is 4.58. The number of nitrogens with one attached hydrogen (secondary N) is 1. The van der Waals surface area contributed by atoms with Gasteiger partial charge in [-0.25, -0.2) is 9.18 Å². The lowest BCUT2D eigenvalue weighted by Crippen LogP contribution is -2.38. The number of hydrogen-bond donors (Lipinski definition) is 2. The molecule has 6 nitrogen and oxygen atoms in total. The summed E-state index contributed by atoms with van der Waals surface area (Å²) in [6, 6.07) is 9.44. The first-order valence-corrected chi connectivity index (χ1v) is 12.4. The average Bonchev–Trinajstić information content (AvgIpc) is 3.23. The number of aliphatic hydroxyl groups excluding tert-OH is 1. The second kappa shape index (κ2) is 10.4. The molecule has 0 spiro atoms. The second-order valence-electron chi connectivity index (χ2n) is 8.22. The Kier molecular flexibility index (Phi) is 7.38. The van der Waals surface area contributed by atoms with Crippen LogP contribution in [0.25, 0.3) is 33.1 Å². The van der Waals surface area contributed by atoms with Crippen molar-refractivity contribution in [2.45, 2.75) is 32.2 Å². The highest BCUT2D eigenvalue weighted by atomic mass is 32.2. The van der Waals surface area contributed by atoms with E-state index in [1.165, 1.54) is 12.1 Å². The summed E-state index contributed by atoms with van der Waals surface area (Å²) in [6.07, 6.45) is 4.59. The minimum atomic E-state index is -0.483. The monoisotopic (exact) mass is 483 g/mol. The van der Waals surface area contributed by atoms with Gasteiger partial charge in [-0.3, -0.25) is 4.79 Å². The van der Waals surface area contributed by atoms with Gasteiger partial charge in [-0.05, 0) is 61.1 Å². The van der Waals surface area contributed by atoms with Crippen molar-refractivity contribution in [2.75, 3.05) is 18.6 Å². The van der Waals surface area contributed by atoms with E-state index in [1.54, 1.807) is 36.2 Å². The van der Waals surface area contributed by atoms with Crippen molar-refractivity contribution in [1.82, 2.24) is 5.32 Å². The predicted octanol–water partition coefficient (Wildman–Crippen LogP) is 4.82. The maximum atomic E-state index is 13.4. The third-order valence-corrected chi connectivity index (χ3v) is 6.64. The minimum Gasteiger partial charge on any atom is -0.464 e. The van der Waals surface area contributed by atoms with Crippen molar-refractivity contribution in [1.29, 1.82) is 0 Å². The molecule has 1 atom stereocenters. The summed E-state index contributed by atoms with van der Waals surface area (Å²) in [5, 5.41) is 13.9. The van der Waals surface area contributed by atoms with Gasteiger partial charge in [-0.1, -0.05) is 12.1 Å². The number of carbonyl (C=O) groups is 1. The van der Waals surface area contributed by atoms with Crippen LogP contribution >= 0.6 is 11.8 Å². The molecule has 2 aromatic heterocycles. The van der Waals surface area contributed by atoms with Crippen molar-refractivity contribution >= 4 is 39.6 Å².